The summed E-state index contributed by atoms with van der Waals surface area (Å²) < 4.78 is 13.7. The summed E-state index contributed by atoms with van der Waals surface area (Å²) >= 11 is 5.73. The minimum atomic E-state index is -0.268. The van der Waals surface area contributed by atoms with Crippen LogP contribution >= 0.6 is 11.6 Å². The topological polar surface area (TPSA) is 12.0 Å². The molecule has 1 aromatic rings. The van der Waals surface area contributed by atoms with Crippen molar-refractivity contribution in [2.75, 3.05) is 6.54 Å². The number of hydrogen-bond acceptors (Lipinski definition) is 1. The van der Waals surface area contributed by atoms with Crippen molar-refractivity contribution in [1.29, 1.82) is 0 Å². The van der Waals surface area contributed by atoms with Gasteiger partial charge >= 0.3 is 0 Å². The Morgan fingerprint density at radius 2 is 2.19 bits per heavy atom. The van der Waals surface area contributed by atoms with Crippen molar-refractivity contribution >= 4 is 11.6 Å². The first-order valence-corrected chi connectivity index (χ1v) is 5.75. The van der Waals surface area contributed by atoms with Crippen LogP contribution < -0.4 is 5.32 Å². The van der Waals surface area contributed by atoms with Crippen LogP contribution in [-0.4, -0.2) is 6.54 Å². The standard InChI is InChI=1S/C13H17ClFN/c1-4-16-13(7-9(2)3)11-6-5-10(14)8-12(11)15/h5-8,13,16H,4H2,1-3H3. The molecule has 3 heteroatoms. The van der Waals surface area contributed by atoms with Crippen molar-refractivity contribution in [3.8, 4) is 0 Å². The summed E-state index contributed by atoms with van der Waals surface area (Å²) in [6.45, 7) is 6.78. The number of rotatable bonds is 4. The number of hydrogen-bond donors (Lipinski definition) is 1. The Morgan fingerprint density at radius 1 is 1.50 bits per heavy atom. The molecule has 0 aliphatic carbocycles. The quantitative estimate of drug-likeness (QED) is 0.783. The maximum absolute atomic E-state index is 13.7. The summed E-state index contributed by atoms with van der Waals surface area (Å²) in [5.74, 6) is -0.268. The first kappa shape index (κ1) is 13.2. The second kappa shape index (κ2) is 6.02. The van der Waals surface area contributed by atoms with Crippen LogP contribution in [0.15, 0.2) is 29.8 Å². The van der Waals surface area contributed by atoms with Gasteiger partial charge in [0.2, 0.25) is 0 Å². The molecule has 1 unspecified atom stereocenters. The molecule has 0 bridgehead atoms. The van der Waals surface area contributed by atoms with E-state index in [4.69, 9.17) is 11.6 Å². The second-order valence-corrected chi connectivity index (χ2v) is 4.38. The Hall–Kier alpha value is -0.860. The van der Waals surface area contributed by atoms with Crippen LogP contribution in [-0.2, 0) is 0 Å². The zero-order valence-corrected chi connectivity index (χ0v) is 10.6. The van der Waals surface area contributed by atoms with Crippen LogP contribution in [0.3, 0.4) is 0 Å². The summed E-state index contributed by atoms with van der Waals surface area (Å²) in [5, 5.41) is 3.66. The molecule has 0 radical (unpaired) electrons. The SMILES string of the molecule is CCNC(C=C(C)C)c1ccc(Cl)cc1F. The van der Waals surface area contributed by atoms with Gasteiger partial charge in [0.05, 0.1) is 6.04 Å². The molecule has 0 heterocycles. The van der Waals surface area contributed by atoms with E-state index in [1.165, 1.54) is 6.07 Å². The van der Waals surface area contributed by atoms with Crippen molar-refractivity contribution in [3.05, 3.63) is 46.3 Å². The first-order valence-electron chi connectivity index (χ1n) is 5.38. The number of likely N-dealkylation sites (N-methyl/N-ethyl adjacent to an activating group) is 1. The lowest BCUT2D eigenvalue weighted by Gasteiger charge is -2.16. The van der Waals surface area contributed by atoms with Crippen LogP contribution in [0.5, 0.6) is 0 Å². The van der Waals surface area contributed by atoms with Gasteiger partial charge < -0.3 is 5.32 Å². The van der Waals surface area contributed by atoms with Crippen LogP contribution in [0.1, 0.15) is 32.4 Å². The lowest BCUT2D eigenvalue weighted by molar-refractivity contribution is 0.565. The van der Waals surface area contributed by atoms with Crippen LogP contribution in [0.25, 0.3) is 0 Å². The molecule has 0 saturated carbocycles. The molecule has 1 N–H and O–H groups in total. The number of benzene rings is 1. The molecule has 0 aliphatic heterocycles. The predicted octanol–water partition coefficient (Wildman–Crippen LogP) is 4.10. The highest BCUT2D eigenvalue weighted by Crippen LogP contribution is 2.22. The number of halogens is 2. The highest BCUT2D eigenvalue weighted by molar-refractivity contribution is 6.30. The molecule has 1 rings (SSSR count). The Balaban J connectivity index is 3.05. The summed E-state index contributed by atoms with van der Waals surface area (Å²) in [5.41, 5.74) is 1.78. The van der Waals surface area contributed by atoms with E-state index in [2.05, 4.69) is 5.32 Å². The van der Waals surface area contributed by atoms with Gasteiger partial charge in [-0.2, -0.15) is 0 Å². The third-order valence-corrected chi connectivity index (χ3v) is 2.46. The molecule has 1 atom stereocenters. The Kier molecular flexibility index (Phi) is 4.97. The van der Waals surface area contributed by atoms with E-state index in [1.807, 2.05) is 26.8 Å². The highest BCUT2D eigenvalue weighted by atomic mass is 35.5. The molecule has 0 spiro atoms. The van der Waals surface area contributed by atoms with Crippen molar-refractivity contribution < 1.29 is 4.39 Å². The third-order valence-electron chi connectivity index (χ3n) is 2.22. The molecule has 0 saturated heterocycles. The Morgan fingerprint density at radius 3 is 2.69 bits per heavy atom. The minimum Gasteiger partial charge on any atom is -0.307 e. The van der Waals surface area contributed by atoms with Gasteiger partial charge in [-0.1, -0.05) is 36.2 Å². The molecule has 0 aromatic heterocycles. The minimum absolute atomic E-state index is 0.0905. The smallest absolute Gasteiger partial charge is 0.129 e. The van der Waals surface area contributed by atoms with E-state index in [-0.39, 0.29) is 11.9 Å². The van der Waals surface area contributed by atoms with Crippen molar-refractivity contribution in [1.82, 2.24) is 5.32 Å². The average Bonchev–Trinajstić information content (AvgIpc) is 2.16. The zero-order valence-electron chi connectivity index (χ0n) is 9.85. The molecular weight excluding hydrogens is 225 g/mol. The lowest BCUT2D eigenvalue weighted by Crippen LogP contribution is -2.20. The van der Waals surface area contributed by atoms with Gasteiger partial charge in [-0.05, 0) is 32.5 Å². The molecular formula is C13H17ClFN. The Bertz CT molecular complexity index is 384. The van der Waals surface area contributed by atoms with E-state index in [0.717, 1.165) is 12.1 Å². The fourth-order valence-corrected chi connectivity index (χ4v) is 1.72. The van der Waals surface area contributed by atoms with Crippen molar-refractivity contribution in [3.63, 3.8) is 0 Å². The van der Waals surface area contributed by atoms with E-state index in [0.29, 0.717) is 10.6 Å². The lowest BCUT2D eigenvalue weighted by atomic mass is 10.0. The molecule has 0 fully saturated rings. The number of nitrogens with one attached hydrogen (secondary N) is 1. The van der Waals surface area contributed by atoms with E-state index in [1.54, 1.807) is 12.1 Å². The average molecular weight is 242 g/mol. The fraction of sp³-hybridized carbons (Fsp3) is 0.385. The molecule has 88 valence electrons. The van der Waals surface area contributed by atoms with Gasteiger partial charge in [-0.15, -0.1) is 0 Å². The normalized spacial score (nSPS) is 12.3. The molecule has 1 aromatic carbocycles. The summed E-state index contributed by atoms with van der Waals surface area (Å²) in [4.78, 5) is 0. The Labute approximate surface area is 101 Å². The van der Waals surface area contributed by atoms with E-state index < -0.39 is 0 Å². The van der Waals surface area contributed by atoms with Gasteiger partial charge in [-0.25, -0.2) is 4.39 Å². The first-order chi connectivity index (χ1) is 7.54. The van der Waals surface area contributed by atoms with Crippen LogP contribution in [0.2, 0.25) is 5.02 Å². The van der Waals surface area contributed by atoms with Crippen LogP contribution in [0.4, 0.5) is 4.39 Å². The van der Waals surface area contributed by atoms with Gasteiger partial charge in [0.25, 0.3) is 0 Å². The van der Waals surface area contributed by atoms with E-state index in [9.17, 15) is 4.39 Å². The van der Waals surface area contributed by atoms with E-state index >= 15 is 0 Å². The fourth-order valence-electron chi connectivity index (χ4n) is 1.57. The maximum Gasteiger partial charge on any atom is 0.129 e. The monoisotopic (exact) mass is 241 g/mol. The number of allylic oxidation sites excluding steroid dienone is 1. The van der Waals surface area contributed by atoms with Gasteiger partial charge in [-0.3, -0.25) is 0 Å². The van der Waals surface area contributed by atoms with Crippen molar-refractivity contribution in [2.45, 2.75) is 26.8 Å². The molecule has 0 aliphatic rings. The molecule has 0 amide bonds. The molecule has 1 nitrogen and oxygen atoms in total. The summed E-state index contributed by atoms with van der Waals surface area (Å²) in [7, 11) is 0. The van der Waals surface area contributed by atoms with Gasteiger partial charge in [0, 0.05) is 10.6 Å². The predicted molar refractivity (Wildman–Crippen MR) is 67.3 cm³/mol. The highest BCUT2D eigenvalue weighted by Gasteiger charge is 2.12. The van der Waals surface area contributed by atoms with Crippen LogP contribution in [0, 0.1) is 5.82 Å². The largest absolute Gasteiger partial charge is 0.307 e. The van der Waals surface area contributed by atoms with Gasteiger partial charge in [0.1, 0.15) is 5.82 Å². The third kappa shape index (κ3) is 3.62. The summed E-state index contributed by atoms with van der Waals surface area (Å²) in [6, 6.07) is 4.69. The maximum atomic E-state index is 13.7. The zero-order chi connectivity index (χ0) is 12.1. The summed E-state index contributed by atoms with van der Waals surface area (Å²) in [6.07, 6.45) is 2.01. The second-order valence-electron chi connectivity index (χ2n) is 3.95. The molecule has 16 heavy (non-hydrogen) atoms. The van der Waals surface area contributed by atoms with Crippen molar-refractivity contribution in [2.24, 2.45) is 0 Å². The van der Waals surface area contributed by atoms with Gasteiger partial charge in [0.15, 0.2) is 0 Å².